The number of carbonyl (C=O) groups excluding carboxylic acids is 1. The maximum Gasteiger partial charge on any atom is 0.354 e. The summed E-state index contributed by atoms with van der Waals surface area (Å²) < 4.78 is 6.59. The monoisotopic (exact) mass is 208 g/mol. The zero-order chi connectivity index (χ0) is 10.8. The molecule has 82 valence electrons. The Kier molecular flexibility index (Phi) is 2.66. The maximum atomic E-state index is 11.4. The van der Waals surface area contributed by atoms with Gasteiger partial charge in [0.1, 0.15) is 5.69 Å². The van der Waals surface area contributed by atoms with Gasteiger partial charge in [-0.05, 0) is 18.4 Å². The van der Waals surface area contributed by atoms with Crippen LogP contribution in [0, 0.1) is 5.92 Å². The highest BCUT2D eigenvalue weighted by Gasteiger charge is 2.22. The average molecular weight is 208 g/mol. The highest BCUT2D eigenvalue weighted by atomic mass is 16.5. The van der Waals surface area contributed by atoms with Crippen molar-refractivity contribution >= 4 is 11.7 Å². The number of nitrogens with two attached hydrogens (primary N) is 1. The van der Waals surface area contributed by atoms with Crippen LogP contribution < -0.4 is 5.73 Å². The predicted molar refractivity (Wildman–Crippen MR) is 57.5 cm³/mol. The van der Waals surface area contributed by atoms with Crippen LogP contribution in [0.4, 0.5) is 5.69 Å². The van der Waals surface area contributed by atoms with Gasteiger partial charge in [0.2, 0.25) is 0 Å². The average Bonchev–Trinajstić information content (AvgIpc) is 2.98. The highest BCUT2D eigenvalue weighted by Crippen LogP contribution is 2.33. The second kappa shape index (κ2) is 3.96. The molecule has 0 radical (unpaired) electrons. The summed E-state index contributed by atoms with van der Waals surface area (Å²) in [5, 5.41) is 0. The zero-order valence-electron chi connectivity index (χ0n) is 8.90. The first-order valence-corrected chi connectivity index (χ1v) is 5.24. The van der Waals surface area contributed by atoms with Gasteiger partial charge in [-0.2, -0.15) is 0 Å². The molecule has 0 aromatic carbocycles. The first-order valence-electron chi connectivity index (χ1n) is 5.24. The van der Waals surface area contributed by atoms with Crippen molar-refractivity contribution < 1.29 is 9.53 Å². The van der Waals surface area contributed by atoms with Crippen LogP contribution in [-0.4, -0.2) is 17.6 Å². The summed E-state index contributed by atoms with van der Waals surface area (Å²) in [7, 11) is 1.39. The van der Waals surface area contributed by atoms with Crippen LogP contribution in [-0.2, 0) is 11.3 Å². The van der Waals surface area contributed by atoms with Crippen molar-refractivity contribution in [1.29, 1.82) is 0 Å². The molecule has 4 nitrogen and oxygen atoms in total. The minimum absolute atomic E-state index is 0.317. The Morgan fingerprint density at radius 2 is 2.40 bits per heavy atom. The van der Waals surface area contributed by atoms with Crippen LogP contribution in [0.5, 0.6) is 0 Å². The molecular weight excluding hydrogens is 192 g/mol. The number of hydrogen-bond donors (Lipinski definition) is 1. The van der Waals surface area contributed by atoms with Crippen molar-refractivity contribution in [3.8, 4) is 0 Å². The highest BCUT2D eigenvalue weighted by molar-refractivity contribution is 5.88. The molecule has 2 rings (SSSR count). The van der Waals surface area contributed by atoms with Crippen molar-refractivity contribution in [3.05, 3.63) is 18.0 Å². The molecule has 4 heteroatoms. The first kappa shape index (κ1) is 10.1. The van der Waals surface area contributed by atoms with E-state index in [1.807, 2.05) is 4.57 Å². The van der Waals surface area contributed by atoms with Gasteiger partial charge in [-0.15, -0.1) is 0 Å². The van der Waals surface area contributed by atoms with E-state index in [2.05, 4.69) is 0 Å². The summed E-state index contributed by atoms with van der Waals surface area (Å²) in [4.78, 5) is 11.4. The van der Waals surface area contributed by atoms with E-state index in [9.17, 15) is 4.79 Å². The number of ether oxygens (including phenoxy) is 1. The number of nitrogens with zero attached hydrogens (tertiary/aromatic N) is 1. The molecule has 1 aromatic rings. The molecule has 0 unspecified atom stereocenters. The van der Waals surface area contributed by atoms with Gasteiger partial charge in [0, 0.05) is 12.7 Å². The minimum atomic E-state index is -0.317. The Bertz CT molecular complexity index is 367. The lowest BCUT2D eigenvalue weighted by Gasteiger charge is -2.06. The molecule has 0 atom stereocenters. The van der Waals surface area contributed by atoms with E-state index in [-0.39, 0.29) is 5.97 Å². The number of esters is 1. The number of methoxy groups -OCH3 is 1. The third-order valence-electron chi connectivity index (χ3n) is 2.79. The second-order valence-electron chi connectivity index (χ2n) is 4.08. The second-order valence-corrected chi connectivity index (χ2v) is 4.08. The zero-order valence-corrected chi connectivity index (χ0v) is 8.90. The molecule has 0 bridgehead atoms. The van der Waals surface area contributed by atoms with E-state index in [1.54, 1.807) is 12.3 Å². The topological polar surface area (TPSA) is 57.2 Å². The van der Waals surface area contributed by atoms with Gasteiger partial charge in [-0.1, -0.05) is 12.8 Å². The fourth-order valence-corrected chi connectivity index (χ4v) is 1.72. The van der Waals surface area contributed by atoms with Crippen molar-refractivity contribution in [3.63, 3.8) is 0 Å². The molecule has 0 aliphatic heterocycles. The van der Waals surface area contributed by atoms with Crippen LogP contribution in [0.3, 0.4) is 0 Å². The van der Waals surface area contributed by atoms with Crippen LogP contribution in [0.1, 0.15) is 29.8 Å². The molecular formula is C11H16N2O2. The number of aromatic nitrogens is 1. The summed E-state index contributed by atoms with van der Waals surface area (Å²) in [6.45, 7) is 0.853. The van der Waals surface area contributed by atoms with Crippen molar-refractivity contribution in [2.45, 2.75) is 25.8 Å². The van der Waals surface area contributed by atoms with E-state index in [0.717, 1.165) is 18.9 Å². The first-order chi connectivity index (χ1) is 7.20. The Balaban J connectivity index is 2.09. The summed E-state index contributed by atoms with van der Waals surface area (Å²) in [5.74, 6) is 0.529. The molecule has 15 heavy (non-hydrogen) atoms. The molecule has 2 N–H and O–H groups in total. The maximum absolute atomic E-state index is 11.4. The smallest absolute Gasteiger partial charge is 0.354 e. The fraction of sp³-hybridized carbons (Fsp3) is 0.545. The van der Waals surface area contributed by atoms with Gasteiger partial charge >= 0.3 is 5.97 Å². The Morgan fingerprint density at radius 1 is 1.67 bits per heavy atom. The molecule has 1 heterocycles. The van der Waals surface area contributed by atoms with E-state index >= 15 is 0 Å². The molecule has 0 amide bonds. The molecule has 0 spiro atoms. The molecule has 1 saturated carbocycles. The Morgan fingerprint density at radius 3 is 3.00 bits per heavy atom. The number of rotatable bonds is 4. The lowest BCUT2D eigenvalue weighted by atomic mass is 10.3. The third kappa shape index (κ3) is 2.32. The van der Waals surface area contributed by atoms with E-state index in [0.29, 0.717) is 11.4 Å². The standard InChI is InChI=1S/C11H16N2O2/c1-15-11(14)10-6-9(12)7-13(10)5-4-8-2-3-8/h6-8H,2-5,12H2,1H3. The van der Waals surface area contributed by atoms with Crippen molar-refractivity contribution in [2.24, 2.45) is 5.92 Å². The molecule has 1 fully saturated rings. The lowest BCUT2D eigenvalue weighted by molar-refractivity contribution is 0.0588. The lowest BCUT2D eigenvalue weighted by Crippen LogP contribution is -2.10. The fourth-order valence-electron chi connectivity index (χ4n) is 1.72. The number of aryl methyl sites for hydroxylation is 1. The van der Waals surface area contributed by atoms with Crippen molar-refractivity contribution in [1.82, 2.24) is 4.57 Å². The van der Waals surface area contributed by atoms with E-state index in [1.165, 1.54) is 20.0 Å². The quantitative estimate of drug-likeness (QED) is 0.765. The summed E-state index contributed by atoms with van der Waals surface area (Å²) in [5.41, 5.74) is 6.83. The summed E-state index contributed by atoms with van der Waals surface area (Å²) in [6, 6.07) is 1.67. The number of nitrogen functional groups attached to an aromatic ring is 1. The predicted octanol–water partition coefficient (Wildman–Crippen LogP) is 1.66. The van der Waals surface area contributed by atoms with Crippen LogP contribution >= 0.6 is 0 Å². The van der Waals surface area contributed by atoms with E-state index in [4.69, 9.17) is 10.5 Å². The van der Waals surface area contributed by atoms with Crippen molar-refractivity contribution in [2.75, 3.05) is 12.8 Å². The van der Waals surface area contributed by atoms with Crippen LogP contribution in [0.15, 0.2) is 12.3 Å². The summed E-state index contributed by atoms with van der Waals surface area (Å²) >= 11 is 0. The third-order valence-corrected chi connectivity index (χ3v) is 2.79. The number of hydrogen-bond acceptors (Lipinski definition) is 3. The number of carbonyl (C=O) groups is 1. The summed E-state index contributed by atoms with van der Waals surface area (Å²) in [6.07, 6.45) is 5.57. The number of anilines is 1. The van der Waals surface area contributed by atoms with Crippen LogP contribution in [0.25, 0.3) is 0 Å². The minimum Gasteiger partial charge on any atom is -0.464 e. The normalized spacial score (nSPS) is 15.3. The molecule has 1 aliphatic rings. The van der Waals surface area contributed by atoms with E-state index < -0.39 is 0 Å². The van der Waals surface area contributed by atoms with Crippen LogP contribution in [0.2, 0.25) is 0 Å². The van der Waals surface area contributed by atoms with Gasteiger partial charge in [-0.3, -0.25) is 0 Å². The van der Waals surface area contributed by atoms with Gasteiger partial charge < -0.3 is 15.0 Å². The Labute approximate surface area is 89.0 Å². The Hall–Kier alpha value is -1.45. The largest absolute Gasteiger partial charge is 0.464 e. The van der Waals surface area contributed by atoms with Gasteiger partial charge in [0.05, 0.1) is 12.8 Å². The van der Waals surface area contributed by atoms with Gasteiger partial charge in [0.15, 0.2) is 0 Å². The molecule has 1 aromatic heterocycles. The van der Waals surface area contributed by atoms with Gasteiger partial charge in [-0.25, -0.2) is 4.79 Å². The molecule has 1 aliphatic carbocycles. The van der Waals surface area contributed by atoms with Gasteiger partial charge in [0.25, 0.3) is 0 Å². The SMILES string of the molecule is COC(=O)c1cc(N)cn1CCC1CC1. The molecule has 0 saturated heterocycles.